The predicted molar refractivity (Wildman–Crippen MR) is 69.6 cm³/mol. The summed E-state index contributed by atoms with van der Waals surface area (Å²) in [5, 5.41) is 12.3. The average molecular weight is 285 g/mol. The van der Waals surface area contributed by atoms with Crippen LogP contribution in [0.3, 0.4) is 0 Å². The number of rotatable bonds is 4. The van der Waals surface area contributed by atoms with E-state index in [1.54, 1.807) is 11.8 Å². The Hall–Kier alpha value is -1.67. The summed E-state index contributed by atoms with van der Waals surface area (Å²) >= 11 is 1.17. The Morgan fingerprint density at radius 2 is 2.21 bits per heavy atom. The lowest BCUT2D eigenvalue weighted by atomic mass is 10.2. The molecular weight excluding hydrogens is 270 g/mol. The highest BCUT2D eigenvalue weighted by Gasteiger charge is 2.24. The zero-order valence-corrected chi connectivity index (χ0v) is 11.3. The zero-order valence-electron chi connectivity index (χ0n) is 10.5. The van der Waals surface area contributed by atoms with Gasteiger partial charge in [-0.1, -0.05) is 0 Å². The van der Waals surface area contributed by atoms with Crippen molar-refractivity contribution in [1.29, 1.82) is 0 Å². The van der Waals surface area contributed by atoms with Crippen molar-refractivity contribution in [3.05, 3.63) is 11.2 Å². The van der Waals surface area contributed by atoms with Gasteiger partial charge in [0.1, 0.15) is 11.0 Å². The normalized spacial score (nSPS) is 17.0. The smallest absolute Gasteiger partial charge is 0.357 e. The summed E-state index contributed by atoms with van der Waals surface area (Å²) < 4.78 is 5.19. The Morgan fingerprint density at radius 3 is 2.84 bits per heavy atom. The zero-order chi connectivity index (χ0) is 13.8. The fraction of sp³-hybridized carbons (Fsp3) is 0.545. The van der Waals surface area contributed by atoms with Crippen molar-refractivity contribution in [2.75, 3.05) is 31.6 Å². The second-order valence-corrected chi connectivity index (χ2v) is 4.99. The monoisotopic (exact) mass is 285 g/mol. The Bertz CT molecular complexity index is 470. The molecule has 2 N–H and O–H groups in total. The number of nitrogens with zero attached hydrogens (tertiary/aromatic N) is 2. The third-order valence-electron chi connectivity index (χ3n) is 2.81. The highest BCUT2D eigenvalue weighted by Crippen LogP contribution is 2.21. The molecule has 0 spiro atoms. The average Bonchev–Trinajstić information content (AvgIpc) is 2.87. The van der Waals surface area contributed by atoms with Gasteiger partial charge in [-0.2, -0.15) is 0 Å². The van der Waals surface area contributed by atoms with E-state index in [0.717, 1.165) is 0 Å². The van der Waals surface area contributed by atoms with E-state index in [-0.39, 0.29) is 11.6 Å². The van der Waals surface area contributed by atoms with Gasteiger partial charge >= 0.3 is 5.97 Å². The molecule has 7 nitrogen and oxygen atoms in total. The van der Waals surface area contributed by atoms with Gasteiger partial charge in [-0.05, 0) is 6.92 Å². The van der Waals surface area contributed by atoms with Crippen molar-refractivity contribution >= 4 is 28.2 Å². The van der Waals surface area contributed by atoms with Gasteiger partial charge in [0.2, 0.25) is 5.91 Å². The minimum absolute atomic E-state index is 0.0494. The van der Waals surface area contributed by atoms with E-state index in [1.807, 2.05) is 0 Å². The molecule has 1 amide bonds. The number of aromatic carboxylic acids is 1. The molecule has 2 heterocycles. The third-order valence-corrected chi connectivity index (χ3v) is 3.57. The molecule has 1 fully saturated rings. The maximum Gasteiger partial charge on any atom is 0.357 e. The Labute approximate surface area is 114 Å². The lowest BCUT2D eigenvalue weighted by Gasteiger charge is -2.29. The number of morpholine rings is 1. The largest absolute Gasteiger partial charge is 0.476 e. The molecule has 1 aliphatic rings. The fourth-order valence-corrected chi connectivity index (χ4v) is 2.58. The van der Waals surface area contributed by atoms with Crippen LogP contribution in [0.5, 0.6) is 0 Å². The number of carboxylic acids is 1. The highest BCUT2D eigenvalue weighted by atomic mass is 32.1. The lowest BCUT2D eigenvalue weighted by Crippen LogP contribution is -2.47. The number of ether oxygens (including phenoxy) is 1. The van der Waals surface area contributed by atoms with Gasteiger partial charge in [0.25, 0.3) is 0 Å². The van der Waals surface area contributed by atoms with Crippen LogP contribution in [0.2, 0.25) is 0 Å². The van der Waals surface area contributed by atoms with E-state index in [0.29, 0.717) is 31.3 Å². The topological polar surface area (TPSA) is 91.8 Å². The van der Waals surface area contributed by atoms with Gasteiger partial charge in [-0.25, -0.2) is 9.78 Å². The quantitative estimate of drug-likeness (QED) is 0.837. The van der Waals surface area contributed by atoms with Crippen LogP contribution in [-0.4, -0.2) is 59.2 Å². The van der Waals surface area contributed by atoms with Crippen LogP contribution in [0.4, 0.5) is 5.00 Å². The van der Waals surface area contributed by atoms with Crippen molar-refractivity contribution in [3.63, 3.8) is 0 Å². The van der Waals surface area contributed by atoms with Crippen LogP contribution < -0.4 is 5.32 Å². The molecular formula is C11H15N3O4S. The molecule has 1 aromatic heterocycles. The second-order valence-electron chi connectivity index (χ2n) is 4.14. The van der Waals surface area contributed by atoms with Crippen molar-refractivity contribution in [3.8, 4) is 0 Å². The number of hydrogen-bond donors (Lipinski definition) is 2. The van der Waals surface area contributed by atoms with Crippen molar-refractivity contribution in [2.24, 2.45) is 0 Å². The minimum atomic E-state index is -1.10. The number of carbonyl (C=O) groups is 2. The van der Waals surface area contributed by atoms with Gasteiger partial charge in [0.15, 0.2) is 5.69 Å². The molecule has 8 heteroatoms. The number of carboxylic acid groups (broad SMARTS) is 1. The van der Waals surface area contributed by atoms with E-state index in [4.69, 9.17) is 9.84 Å². The van der Waals surface area contributed by atoms with E-state index < -0.39 is 12.0 Å². The summed E-state index contributed by atoms with van der Waals surface area (Å²) in [5.41, 5.74) is 1.39. The number of nitrogens with one attached hydrogen (secondary N) is 1. The third kappa shape index (κ3) is 3.21. The van der Waals surface area contributed by atoms with Gasteiger partial charge in [0.05, 0.1) is 18.7 Å². The Balaban J connectivity index is 1.99. The summed E-state index contributed by atoms with van der Waals surface area (Å²) in [5.74, 6) is -1.16. The molecule has 19 heavy (non-hydrogen) atoms. The number of hydrogen-bond acceptors (Lipinski definition) is 6. The van der Waals surface area contributed by atoms with Crippen LogP contribution in [0, 0.1) is 0 Å². The van der Waals surface area contributed by atoms with E-state index in [1.165, 1.54) is 16.8 Å². The van der Waals surface area contributed by atoms with Crippen molar-refractivity contribution < 1.29 is 19.4 Å². The Morgan fingerprint density at radius 1 is 1.53 bits per heavy atom. The predicted octanol–water partition coefficient (Wildman–Crippen LogP) is 0.500. The molecule has 2 rings (SSSR count). The highest BCUT2D eigenvalue weighted by molar-refractivity contribution is 7.14. The summed E-state index contributed by atoms with van der Waals surface area (Å²) in [4.78, 5) is 28.5. The van der Waals surface area contributed by atoms with E-state index in [2.05, 4.69) is 10.3 Å². The molecule has 104 valence electrons. The summed E-state index contributed by atoms with van der Waals surface area (Å²) in [7, 11) is 0. The van der Waals surface area contributed by atoms with Gasteiger partial charge in [-0.15, -0.1) is 11.3 Å². The maximum atomic E-state index is 12.2. The summed E-state index contributed by atoms with van der Waals surface area (Å²) in [6, 6.07) is -0.489. The van der Waals surface area contributed by atoms with Gasteiger partial charge in [0, 0.05) is 13.1 Å². The maximum absolute atomic E-state index is 12.2. The molecule has 0 saturated carbocycles. The Kier molecular flexibility index (Phi) is 4.33. The van der Waals surface area contributed by atoms with Crippen molar-refractivity contribution in [2.45, 2.75) is 13.0 Å². The molecule has 0 aromatic carbocycles. The minimum Gasteiger partial charge on any atom is -0.476 e. The number of carbonyl (C=O) groups excluding carboxylic acids is 1. The van der Waals surface area contributed by atoms with Crippen LogP contribution in [0.25, 0.3) is 0 Å². The summed E-state index contributed by atoms with van der Waals surface area (Å²) in [6.07, 6.45) is 0. The first-order valence-electron chi connectivity index (χ1n) is 5.89. The number of anilines is 1. The summed E-state index contributed by atoms with van der Waals surface area (Å²) in [6.45, 7) is 3.93. The molecule has 0 aliphatic carbocycles. The van der Waals surface area contributed by atoms with Crippen molar-refractivity contribution in [1.82, 2.24) is 9.88 Å². The van der Waals surface area contributed by atoms with Crippen LogP contribution >= 0.6 is 11.3 Å². The number of thiazole rings is 1. The van der Waals surface area contributed by atoms with Gasteiger partial charge in [-0.3, -0.25) is 4.79 Å². The molecule has 1 atom stereocenters. The first-order chi connectivity index (χ1) is 9.09. The van der Waals surface area contributed by atoms with Crippen LogP contribution in [0.15, 0.2) is 5.51 Å². The van der Waals surface area contributed by atoms with E-state index in [9.17, 15) is 9.59 Å². The molecule has 0 bridgehead atoms. The van der Waals surface area contributed by atoms with Crippen LogP contribution in [-0.2, 0) is 9.53 Å². The van der Waals surface area contributed by atoms with Crippen LogP contribution in [0.1, 0.15) is 17.4 Å². The lowest BCUT2D eigenvalue weighted by molar-refractivity contribution is -0.135. The SMILES string of the molecule is CC(Nc1scnc1C(=O)O)C(=O)N1CCOCC1. The number of aromatic nitrogens is 1. The fourth-order valence-electron chi connectivity index (χ4n) is 1.82. The first-order valence-corrected chi connectivity index (χ1v) is 6.77. The van der Waals surface area contributed by atoms with Gasteiger partial charge < -0.3 is 20.1 Å². The standard InChI is InChI=1S/C11H15N3O4S/c1-7(10(15)14-2-4-18-5-3-14)13-9-8(11(16)17)12-6-19-9/h6-7,13H,2-5H2,1H3,(H,16,17). The van der Waals surface area contributed by atoms with E-state index >= 15 is 0 Å². The molecule has 1 unspecified atom stereocenters. The number of amides is 1. The molecule has 1 aliphatic heterocycles. The first kappa shape index (κ1) is 13.8. The molecule has 1 saturated heterocycles. The molecule has 1 aromatic rings. The molecule has 0 radical (unpaired) electrons. The second kappa shape index (κ2) is 5.98.